The number of nitrogens with zero attached hydrogens (tertiary/aromatic N) is 2. The predicted molar refractivity (Wildman–Crippen MR) is 95.9 cm³/mol. The van der Waals surface area contributed by atoms with E-state index in [1.807, 2.05) is 32.3 Å². The number of pyridine rings is 1. The van der Waals surface area contributed by atoms with Crippen LogP contribution >= 0.6 is 0 Å². The highest BCUT2D eigenvalue weighted by atomic mass is 16.2. The molecule has 1 N–H and O–H groups in total. The molecule has 2 amide bonds. The molecule has 1 saturated carbocycles. The quantitative estimate of drug-likeness (QED) is 0.909. The summed E-state index contributed by atoms with van der Waals surface area (Å²) in [5.74, 6) is 0. The van der Waals surface area contributed by atoms with Gasteiger partial charge in [-0.3, -0.25) is 4.98 Å². The van der Waals surface area contributed by atoms with E-state index in [9.17, 15) is 4.79 Å². The molecule has 1 aliphatic carbocycles. The Hall–Kier alpha value is -2.36. The highest BCUT2D eigenvalue weighted by molar-refractivity contribution is 5.74. The zero-order chi connectivity index (χ0) is 17.2. The zero-order valence-corrected chi connectivity index (χ0v) is 14.6. The van der Waals surface area contributed by atoms with Gasteiger partial charge in [0.2, 0.25) is 0 Å². The van der Waals surface area contributed by atoms with Crippen molar-refractivity contribution in [2.75, 3.05) is 13.6 Å². The van der Waals surface area contributed by atoms with Crippen molar-refractivity contribution in [2.45, 2.75) is 38.1 Å². The van der Waals surface area contributed by atoms with E-state index in [4.69, 9.17) is 0 Å². The van der Waals surface area contributed by atoms with Crippen LogP contribution in [0.5, 0.6) is 0 Å². The molecule has 4 heteroatoms. The molecule has 24 heavy (non-hydrogen) atoms. The van der Waals surface area contributed by atoms with E-state index in [0.717, 1.165) is 18.4 Å². The number of amides is 2. The number of aryl methyl sites for hydroxylation is 1. The lowest BCUT2D eigenvalue weighted by molar-refractivity contribution is 0.193. The smallest absolute Gasteiger partial charge is 0.317 e. The van der Waals surface area contributed by atoms with Gasteiger partial charge in [0, 0.05) is 31.4 Å². The average molecular weight is 323 g/mol. The van der Waals surface area contributed by atoms with Crippen LogP contribution in [-0.2, 0) is 5.41 Å². The molecule has 126 valence electrons. The summed E-state index contributed by atoms with van der Waals surface area (Å²) in [6.45, 7) is 4.86. The van der Waals surface area contributed by atoms with Gasteiger partial charge in [-0.15, -0.1) is 0 Å². The summed E-state index contributed by atoms with van der Waals surface area (Å²) in [6.07, 6.45) is 5.83. The Morgan fingerprint density at radius 1 is 1.29 bits per heavy atom. The van der Waals surface area contributed by atoms with Crippen molar-refractivity contribution >= 4 is 6.03 Å². The van der Waals surface area contributed by atoms with Crippen molar-refractivity contribution in [1.29, 1.82) is 0 Å². The molecule has 3 rings (SSSR count). The lowest BCUT2D eigenvalue weighted by Gasteiger charge is -2.27. The summed E-state index contributed by atoms with van der Waals surface area (Å²) >= 11 is 0. The van der Waals surface area contributed by atoms with Crippen LogP contribution in [0.25, 0.3) is 0 Å². The second-order valence-corrected chi connectivity index (χ2v) is 6.83. The monoisotopic (exact) mass is 323 g/mol. The average Bonchev–Trinajstić information content (AvgIpc) is 3.40. The van der Waals surface area contributed by atoms with Crippen molar-refractivity contribution in [1.82, 2.24) is 15.2 Å². The number of urea groups is 1. The van der Waals surface area contributed by atoms with Gasteiger partial charge in [-0.1, -0.05) is 30.3 Å². The third kappa shape index (κ3) is 3.28. The number of nitrogens with one attached hydrogen (secondary N) is 1. The highest BCUT2D eigenvalue weighted by Crippen LogP contribution is 2.48. The maximum Gasteiger partial charge on any atom is 0.317 e. The number of carbonyl (C=O) groups is 1. The predicted octanol–water partition coefficient (Wildman–Crippen LogP) is 3.82. The first kappa shape index (κ1) is 16.5. The molecular weight excluding hydrogens is 298 g/mol. The van der Waals surface area contributed by atoms with Gasteiger partial charge < -0.3 is 10.2 Å². The fraction of sp³-hybridized carbons (Fsp3) is 0.400. The van der Waals surface area contributed by atoms with Gasteiger partial charge >= 0.3 is 6.03 Å². The summed E-state index contributed by atoms with van der Waals surface area (Å²) in [7, 11) is 1.83. The maximum absolute atomic E-state index is 12.5. The van der Waals surface area contributed by atoms with Crippen LogP contribution in [0.15, 0.2) is 48.8 Å². The van der Waals surface area contributed by atoms with Crippen molar-refractivity contribution in [3.8, 4) is 0 Å². The topological polar surface area (TPSA) is 45.2 Å². The Bertz CT molecular complexity index is 710. The highest BCUT2D eigenvalue weighted by Gasteiger charge is 2.45. The fourth-order valence-electron chi connectivity index (χ4n) is 3.25. The molecule has 1 atom stereocenters. The molecular formula is C20H25N3O. The van der Waals surface area contributed by atoms with E-state index in [1.165, 1.54) is 11.1 Å². The molecule has 1 fully saturated rings. The lowest BCUT2D eigenvalue weighted by Crippen LogP contribution is -2.42. The van der Waals surface area contributed by atoms with E-state index >= 15 is 0 Å². The Morgan fingerprint density at radius 2 is 2.04 bits per heavy atom. The SMILES string of the molecule is Cc1ccccc1C1(CNC(=O)N(C)[C@@H](C)c2cccnc2)CC1. The first-order valence-corrected chi connectivity index (χ1v) is 8.50. The fourth-order valence-corrected chi connectivity index (χ4v) is 3.25. The van der Waals surface area contributed by atoms with Crippen LogP contribution < -0.4 is 5.32 Å². The van der Waals surface area contributed by atoms with Crippen molar-refractivity contribution in [2.24, 2.45) is 0 Å². The van der Waals surface area contributed by atoms with E-state index in [1.54, 1.807) is 11.1 Å². The normalized spacial score (nSPS) is 16.3. The molecule has 2 aromatic rings. The van der Waals surface area contributed by atoms with Gasteiger partial charge in [-0.2, -0.15) is 0 Å². The molecule has 0 saturated heterocycles. The summed E-state index contributed by atoms with van der Waals surface area (Å²) in [6, 6.07) is 12.3. The van der Waals surface area contributed by atoms with E-state index in [-0.39, 0.29) is 17.5 Å². The molecule has 0 unspecified atom stereocenters. The summed E-state index contributed by atoms with van der Waals surface area (Å²) in [5, 5.41) is 3.13. The Kier molecular flexibility index (Phi) is 4.56. The molecule has 0 radical (unpaired) electrons. The van der Waals surface area contributed by atoms with Crippen molar-refractivity contribution < 1.29 is 4.79 Å². The molecule has 1 heterocycles. The minimum absolute atomic E-state index is 0.00712. The molecule has 1 aliphatic rings. The summed E-state index contributed by atoms with van der Waals surface area (Å²) in [5.41, 5.74) is 3.84. The van der Waals surface area contributed by atoms with Crippen LogP contribution in [0.3, 0.4) is 0 Å². The van der Waals surface area contributed by atoms with Gasteiger partial charge in [0.25, 0.3) is 0 Å². The number of benzene rings is 1. The third-order valence-electron chi connectivity index (χ3n) is 5.22. The van der Waals surface area contributed by atoms with E-state index in [0.29, 0.717) is 6.54 Å². The van der Waals surface area contributed by atoms with Gasteiger partial charge in [0.15, 0.2) is 0 Å². The largest absolute Gasteiger partial charge is 0.337 e. The second-order valence-electron chi connectivity index (χ2n) is 6.83. The first-order chi connectivity index (χ1) is 11.5. The summed E-state index contributed by atoms with van der Waals surface area (Å²) < 4.78 is 0. The standard InChI is InChI=1S/C20H25N3O/c1-15-7-4-5-9-18(15)20(10-11-20)14-22-19(24)23(3)16(2)17-8-6-12-21-13-17/h4-9,12-13,16H,10-11,14H2,1-3H3,(H,22,24)/t16-/m0/s1. The molecule has 0 bridgehead atoms. The Balaban J connectivity index is 1.62. The maximum atomic E-state index is 12.5. The third-order valence-corrected chi connectivity index (χ3v) is 5.22. The number of rotatable bonds is 5. The molecule has 0 aliphatic heterocycles. The van der Waals surface area contributed by atoms with Gasteiger partial charge in [-0.05, 0) is 49.4 Å². The number of hydrogen-bond acceptors (Lipinski definition) is 2. The summed E-state index contributed by atoms with van der Waals surface area (Å²) in [4.78, 5) is 18.4. The molecule has 1 aromatic carbocycles. The number of carbonyl (C=O) groups excluding carboxylic acids is 1. The first-order valence-electron chi connectivity index (χ1n) is 8.50. The Morgan fingerprint density at radius 3 is 2.67 bits per heavy atom. The van der Waals surface area contributed by atoms with Crippen LogP contribution in [0.1, 0.15) is 42.5 Å². The second kappa shape index (κ2) is 6.63. The van der Waals surface area contributed by atoms with Gasteiger partial charge in [-0.25, -0.2) is 4.79 Å². The van der Waals surface area contributed by atoms with E-state index < -0.39 is 0 Å². The van der Waals surface area contributed by atoms with Gasteiger partial charge in [0.05, 0.1) is 6.04 Å². The van der Waals surface area contributed by atoms with Crippen molar-refractivity contribution in [3.05, 3.63) is 65.5 Å². The number of hydrogen-bond donors (Lipinski definition) is 1. The van der Waals surface area contributed by atoms with Crippen LogP contribution in [0.2, 0.25) is 0 Å². The van der Waals surface area contributed by atoms with Crippen molar-refractivity contribution in [3.63, 3.8) is 0 Å². The van der Waals surface area contributed by atoms with Crippen LogP contribution in [0, 0.1) is 6.92 Å². The zero-order valence-electron chi connectivity index (χ0n) is 14.6. The minimum atomic E-state index is -0.0359. The van der Waals surface area contributed by atoms with Crippen LogP contribution in [-0.4, -0.2) is 29.5 Å². The van der Waals surface area contributed by atoms with E-state index in [2.05, 4.69) is 41.5 Å². The molecule has 4 nitrogen and oxygen atoms in total. The molecule has 0 spiro atoms. The lowest BCUT2D eigenvalue weighted by atomic mass is 9.92. The van der Waals surface area contributed by atoms with Gasteiger partial charge in [0.1, 0.15) is 0 Å². The van der Waals surface area contributed by atoms with Crippen LogP contribution in [0.4, 0.5) is 4.79 Å². The minimum Gasteiger partial charge on any atom is -0.337 e. The molecule has 1 aromatic heterocycles. The Labute approximate surface area is 143 Å². The number of aromatic nitrogens is 1.